The quantitative estimate of drug-likeness (QED) is 0.797. The van der Waals surface area contributed by atoms with Crippen molar-refractivity contribution < 1.29 is 18.3 Å². The Morgan fingerprint density at radius 2 is 2.00 bits per heavy atom. The van der Waals surface area contributed by atoms with Crippen LogP contribution in [0.2, 0.25) is 5.02 Å². The van der Waals surface area contributed by atoms with E-state index in [1.165, 1.54) is 6.92 Å². The topological polar surface area (TPSA) is 33.1 Å². The van der Waals surface area contributed by atoms with E-state index < -0.39 is 18.0 Å². The number of pyridine rings is 1. The molecule has 0 aliphatic heterocycles. The van der Waals surface area contributed by atoms with Gasteiger partial charge in [0.2, 0.25) is 0 Å². The summed E-state index contributed by atoms with van der Waals surface area (Å²) in [5.74, 6) is 0. The lowest BCUT2D eigenvalue weighted by Crippen LogP contribution is -2.10. The summed E-state index contributed by atoms with van der Waals surface area (Å²) in [6.07, 6.45) is -5.64. The summed E-state index contributed by atoms with van der Waals surface area (Å²) in [6.45, 7) is 1.30. The number of aliphatic hydroxyl groups excluding tert-OH is 1. The van der Waals surface area contributed by atoms with Crippen LogP contribution in [0, 0.1) is 0 Å². The van der Waals surface area contributed by atoms with Gasteiger partial charge in [0.05, 0.1) is 16.8 Å². The van der Waals surface area contributed by atoms with Crippen LogP contribution in [0.1, 0.15) is 24.4 Å². The summed E-state index contributed by atoms with van der Waals surface area (Å²) in [5.41, 5.74) is -1.22. The van der Waals surface area contributed by atoms with Crippen molar-refractivity contribution in [1.29, 1.82) is 0 Å². The van der Waals surface area contributed by atoms with Gasteiger partial charge in [0.15, 0.2) is 0 Å². The minimum Gasteiger partial charge on any atom is -0.387 e. The van der Waals surface area contributed by atoms with Gasteiger partial charge in [-0.1, -0.05) is 11.6 Å². The highest BCUT2D eigenvalue weighted by Crippen LogP contribution is 2.30. The number of halogens is 4. The molecule has 0 radical (unpaired) electrons. The van der Waals surface area contributed by atoms with Crippen LogP contribution in [0.25, 0.3) is 0 Å². The lowest BCUT2D eigenvalue weighted by atomic mass is 10.2. The first kappa shape index (κ1) is 11.3. The Balaban J connectivity index is 3.20. The van der Waals surface area contributed by atoms with Crippen LogP contribution in [0.4, 0.5) is 13.2 Å². The van der Waals surface area contributed by atoms with E-state index in [0.717, 1.165) is 12.1 Å². The van der Waals surface area contributed by atoms with Crippen LogP contribution in [-0.2, 0) is 6.18 Å². The van der Waals surface area contributed by atoms with E-state index in [0.29, 0.717) is 0 Å². The summed E-state index contributed by atoms with van der Waals surface area (Å²) in [4.78, 5) is 3.24. The van der Waals surface area contributed by atoms with Crippen molar-refractivity contribution in [3.63, 3.8) is 0 Å². The molecule has 0 aromatic carbocycles. The van der Waals surface area contributed by atoms with Gasteiger partial charge < -0.3 is 5.11 Å². The van der Waals surface area contributed by atoms with E-state index in [1.54, 1.807) is 0 Å². The molecular weight excluding hydrogens is 219 g/mol. The summed E-state index contributed by atoms with van der Waals surface area (Å²) in [6, 6.07) is 1.84. The molecule has 1 aromatic heterocycles. The fraction of sp³-hybridized carbons (Fsp3) is 0.375. The molecule has 1 unspecified atom stereocenters. The van der Waals surface area contributed by atoms with E-state index in [9.17, 15) is 13.2 Å². The average molecular weight is 226 g/mol. The van der Waals surface area contributed by atoms with Crippen molar-refractivity contribution in [3.8, 4) is 0 Å². The standard InChI is InChI=1S/C8H7ClF3NO/c1-4(14)7-5(9)2-3-6(13-7)8(10,11)12/h2-4,14H,1H3. The lowest BCUT2D eigenvalue weighted by molar-refractivity contribution is -0.141. The molecule has 1 N–H and O–H groups in total. The zero-order valence-corrected chi connectivity index (χ0v) is 7.89. The number of rotatable bonds is 1. The summed E-state index contributed by atoms with van der Waals surface area (Å²) in [7, 11) is 0. The molecule has 0 saturated carbocycles. The van der Waals surface area contributed by atoms with Gasteiger partial charge in [-0.2, -0.15) is 13.2 Å². The maximum atomic E-state index is 12.2. The van der Waals surface area contributed by atoms with Gasteiger partial charge >= 0.3 is 6.18 Å². The van der Waals surface area contributed by atoms with Gasteiger partial charge in [0, 0.05) is 0 Å². The Bertz CT molecular complexity index is 338. The molecule has 78 valence electrons. The number of hydrogen-bond acceptors (Lipinski definition) is 2. The van der Waals surface area contributed by atoms with E-state index in [4.69, 9.17) is 16.7 Å². The fourth-order valence-corrected chi connectivity index (χ4v) is 1.17. The average Bonchev–Trinajstić information content (AvgIpc) is 2.02. The van der Waals surface area contributed by atoms with Crippen molar-refractivity contribution in [1.82, 2.24) is 4.98 Å². The third-order valence-electron chi connectivity index (χ3n) is 1.56. The smallest absolute Gasteiger partial charge is 0.387 e. The molecule has 1 heterocycles. The molecule has 1 atom stereocenters. The highest BCUT2D eigenvalue weighted by molar-refractivity contribution is 6.31. The van der Waals surface area contributed by atoms with Crippen molar-refractivity contribution in [3.05, 3.63) is 28.5 Å². The molecule has 0 saturated heterocycles. The number of aromatic nitrogens is 1. The molecule has 0 aliphatic carbocycles. The van der Waals surface area contributed by atoms with E-state index in [2.05, 4.69) is 4.98 Å². The van der Waals surface area contributed by atoms with Gasteiger partial charge in [-0.3, -0.25) is 0 Å². The normalized spacial score (nSPS) is 14.1. The second-order valence-corrected chi connectivity index (χ2v) is 3.14. The van der Waals surface area contributed by atoms with Crippen molar-refractivity contribution >= 4 is 11.6 Å². The Labute approximate surface area is 83.3 Å². The number of hydrogen-bond donors (Lipinski definition) is 1. The lowest BCUT2D eigenvalue weighted by Gasteiger charge is -2.10. The highest BCUT2D eigenvalue weighted by atomic mass is 35.5. The van der Waals surface area contributed by atoms with Gasteiger partial charge in [0.1, 0.15) is 5.69 Å². The van der Waals surface area contributed by atoms with Crippen molar-refractivity contribution in [2.75, 3.05) is 0 Å². The second-order valence-electron chi connectivity index (χ2n) is 2.74. The van der Waals surface area contributed by atoms with Crippen LogP contribution in [0.5, 0.6) is 0 Å². The van der Waals surface area contributed by atoms with Crippen LogP contribution >= 0.6 is 11.6 Å². The molecular formula is C8H7ClF3NO. The predicted octanol–water partition coefficient (Wildman–Crippen LogP) is 2.81. The monoisotopic (exact) mass is 225 g/mol. The molecule has 0 amide bonds. The molecule has 6 heteroatoms. The summed E-state index contributed by atoms with van der Waals surface area (Å²) in [5, 5.41) is 9.10. The molecule has 0 bridgehead atoms. The number of alkyl halides is 3. The predicted molar refractivity (Wildman–Crippen MR) is 44.9 cm³/mol. The second kappa shape index (κ2) is 3.74. The number of aliphatic hydroxyl groups is 1. The zero-order valence-electron chi connectivity index (χ0n) is 7.14. The fourth-order valence-electron chi connectivity index (χ4n) is 0.909. The zero-order chi connectivity index (χ0) is 10.9. The first-order chi connectivity index (χ1) is 6.32. The van der Waals surface area contributed by atoms with Gasteiger partial charge in [-0.25, -0.2) is 4.98 Å². The third kappa shape index (κ3) is 2.36. The Morgan fingerprint density at radius 1 is 1.43 bits per heavy atom. The van der Waals surface area contributed by atoms with Gasteiger partial charge in [0.25, 0.3) is 0 Å². The minimum absolute atomic E-state index is 0.0213. The Hall–Kier alpha value is -0.810. The van der Waals surface area contributed by atoms with Crippen LogP contribution < -0.4 is 0 Å². The SMILES string of the molecule is CC(O)c1nc(C(F)(F)F)ccc1Cl. The van der Waals surface area contributed by atoms with Gasteiger partial charge in [-0.05, 0) is 19.1 Å². The number of nitrogens with zero attached hydrogens (tertiary/aromatic N) is 1. The van der Waals surface area contributed by atoms with Crippen molar-refractivity contribution in [2.45, 2.75) is 19.2 Å². The van der Waals surface area contributed by atoms with Crippen LogP contribution in [0.15, 0.2) is 12.1 Å². The third-order valence-corrected chi connectivity index (χ3v) is 1.88. The van der Waals surface area contributed by atoms with Crippen molar-refractivity contribution in [2.24, 2.45) is 0 Å². The van der Waals surface area contributed by atoms with Gasteiger partial charge in [-0.15, -0.1) is 0 Å². The molecule has 1 rings (SSSR count). The van der Waals surface area contributed by atoms with E-state index >= 15 is 0 Å². The largest absolute Gasteiger partial charge is 0.433 e. The molecule has 1 aromatic rings. The molecule has 0 fully saturated rings. The molecule has 2 nitrogen and oxygen atoms in total. The van der Waals surface area contributed by atoms with E-state index in [-0.39, 0.29) is 10.7 Å². The maximum absolute atomic E-state index is 12.2. The molecule has 0 aliphatic rings. The molecule has 14 heavy (non-hydrogen) atoms. The Morgan fingerprint density at radius 3 is 2.43 bits per heavy atom. The van der Waals surface area contributed by atoms with Crippen LogP contribution in [-0.4, -0.2) is 10.1 Å². The summed E-state index contributed by atoms with van der Waals surface area (Å²) >= 11 is 5.55. The Kier molecular flexibility index (Phi) is 3.01. The molecule has 0 spiro atoms. The summed E-state index contributed by atoms with van der Waals surface area (Å²) < 4.78 is 36.5. The van der Waals surface area contributed by atoms with Crippen LogP contribution in [0.3, 0.4) is 0 Å². The van der Waals surface area contributed by atoms with E-state index in [1.807, 2.05) is 0 Å². The first-order valence-corrected chi connectivity index (χ1v) is 4.12. The maximum Gasteiger partial charge on any atom is 0.433 e. The first-order valence-electron chi connectivity index (χ1n) is 3.74. The highest BCUT2D eigenvalue weighted by Gasteiger charge is 2.33. The minimum atomic E-state index is -4.52.